The minimum atomic E-state index is 0.172. The van der Waals surface area contributed by atoms with Crippen molar-refractivity contribution < 1.29 is 14.0 Å². The number of para-hydroxylation sites is 1. The van der Waals surface area contributed by atoms with E-state index in [1.807, 2.05) is 41.9 Å². The monoisotopic (exact) mass is 340 g/mol. The van der Waals surface area contributed by atoms with Crippen molar-refractivity contribution in [2.75, 3.05) is 20.3 Å². The molecule has 7 nitrogen and oxygen atoms in total. The van der Waals surface area contributed by atoms with Gasteiger partial charge in [0.15, 0.2) is 17.3 Å². The topological polar surface area (TPSA) is 75.2 Å². The molecule has 1 aliphatic heterocycles. The molecule has 1 unspecified atom stereocenters. The molecule has 0 radical (unpaired) electrons. The van der Waals surface area contributed by atoms with Gasteiger partial charge in [0.2, 0.25) is 0 Å². The van der Waals surface area contributed by atoms with Crippen LogP contribution < -0.4 is 4.74 Å². The first-order valence-corrected chi connectivity index (χ1v) is 8.33. The Bertz CT molecular complexity index is 865. The van der Waals surface area contributed by atoms with Crippen LogP contribution in [0.5, 0.6) is 5.75 Å². The summed E-state index contributed by atoms with van der Waals surface area (Å²) < 4.78 is 18.1. The van der Waals surface area contributed by atoms with Crippen LogP contribution in [0.4, 0.5) is 0 Å². The summed E-state index contributed by atoms with van der Waals surface area (Å²) in [5, 5.41) is 8.85. The number of hydrogen-bond acceptors (Lipinski definition) is 6. The molecule has 1 saturated heterocycles. The molecule has 0 N–H and O–H groups in total. The van der Waals surface area contributed by atoms with Crippen molar-refractivity contribution in [3.8, 4) is 17.3 Å². The lowest BCUT2D eigenvalue weighted by molar-refractivity contribution is 0.184. The van der Waals surface area contributed by atoms with Gasteiger partial charge in [-0.3, -0.25) is 0 Å². The molecule has 1 fully saturated rings. The Balaban J connectivity index is 1.71. The zero-order chi connectivity index (χ0) is 17.2. The fourth-order valence-corrected chi connectivity index (χ4v) is 3.08. The van der Waals surface area contributed by atoms with E-state index < -0.39 is 0 Å². The Kier molecular flexibility index (Phi) is 4.23. The molecule has 0 saturated carbocycles. The summed E-state index contributed by atoms with van der Waals surface area (Å²) >= 11 is 0. The van der Waals surface area contributed by atoms with Crippen molar-refractivity contribution in [1.29, 1.82) is 0 Å². The van der Waals surface area contributed by atoms with Crippen molar-refractivity contribution in [1.82, 2.24) is 19.9 Å². The number of nitrogens with zero attached hydrogens (tertiary/aromatic N) is 4. The predicted molar refractivity (Wildman–Crippen MR) is 90.5 cm³/mol. The average molecular weight is 340 g/mol. The summed E-state index contributed by atoms with van der Waals surface area (Å²) in [4.78, 5) is 4.73. The molecule has 0 bridgehead atoms. The van der Waals surface area contributed by atoms with Crippen LogP contribution in [0.1, 0.15) is 29.6 Å². The molecule has 4 rings (SSSR count). The van der Waals surface area contributed by atoms with Crippen LogP contribution in [0.3, 0.4) is 0 Å². The van der Waals surface area contributed by atoms with Crippen molar-refractivity contribution in [3.05, 3.63) is 47.5 Å². The Morgan fingerprint density at radius 3 is 2.92 bits per heavy atom. The number of hydrogen-bond donors (Lipinski definition) is 0. The molecule has 0 spiro atoms. The van der Waals surface area contributed by atoms with Gasteiger partial charge in [0, 0.05) is 24.7 Å². The van der Waals surface area contributed by atoms with E-state index in [2.05, 4.69) is 5.16 Å². The molecule has 3 heterocycles. The average Bonchev–Trinajstić information content (AvgIpc) is 3.35. The normalized spacial score (nSPS) is 17.1. The molecule has 0 aliphatic carbocycles. The number of aryl methyl sites for hydroxylation is 1. The van der Waals surface area contributed by atoms with Gasteiger partial charge in [0.05, 0.1) is 19.8 Å². The third-order valence-corrected chi connectivity index (χ3v) is 4.32. The van der Waals surface area contributed by atoms with Crippen molar-refractivity contribution in [3.63, 3.8) is 0 Å². The largest absolute Gasteiger partial charge is 0.496 e. The molecule has 1 atom stereocenters. The van der Waals surface area contributed by atoms with E-state index in [1.165, 1.54) is 0 Å². The van der Waals surface area contributed by atoms with Gasteiger partial charge in [-0.25, -0.2) is 9.67 Å². The van der Waals surface area contributed by atoms with Crippen LogP contribution >= 0.6 is 0 Å². The highest BCUT2D eigenvalue weighted by atomic mass is 16.5. The van der Waals surface area contributed by atoms with Gasteiger partial charge < -0.3 is 14.0 Å². The van der Waals surface area contributed by atoms with Crippen LogP contribution in [0.15, 0.2) is 34.9 Å². The van der Waals surface area contributed by atoms with Crippen molar-refractivity contribution in [2.45, 2.75) is 25.8 Å². The zero-order valence-corrected chi connectivity index (χ0v) is 14.3. The third-order valence-electron chi connectivity index (χ3n) is 4.32. The second-order valence-electron chi connectivity index (χ2n) is 6.13. The molecule has 3 aromatic rings. The standard InChI is InChI=1S/C18H20N4O3/c1-12-9-15(21-25-12)18-19-17(20-22(18)14-7-8-24-11-14)10-13-5-3-4-6-16(13)23-2/h3-6,9,14H,7-8,10-11H2,1-2H3. The van der Waals surface area contributed by atoms with Crippen molar-refractivity contribution >= 4 is 0 Å². The lowest BCUT2D eigenvalue weighted by atomic mass is 10.1. The van der Waals surface area contributed by atoms with E-state index in [0.717, 1.165) is 41.7 Å². The summed E-state index contributed by atoms with van der Waals surface area (Å²) in [6.07, 6.45) is 1.51. The van der Waals surface area contributed by atoms with Gasteiger partial charge in [0.25, 0.3) is 0 Å². The minimum absolute atomic E-state index is 0.172. The first-order chi connectivity index (χ1) is 12.2. The lowest BCUT2D eigenvalue weighted by Crippen LogP contribution is -2.12. The van der Waals surface area contributed by atoms with E-state index in [0.29, 0.717) is 18.7 Å². The third kappa shape index (κ3) is 3.15. The molecule has 1 aromatic carbocycles. The molecule has 7 heteroatoms. The number of rotatable bonds is 5. The highest BCUT2D eigenvalue weighted by molar-refractivity contribution is 5.49. The summed E-state index contributed by atoms with van der Waals surface area (Å²) in [6, 6.07) is 9.96. The maximum Gasteiger partial charge on any atom is 0.181 e. The van der Waals surface area contributed by atoms with E-state index in [4.69, 9.17) is 24.1 Å². The van der Waals surface area contributed by atoms with Gasteiger partial charge in [-0.2, -0.15) is 5.10 Å². The molecular weight excluding hydrogens is 320 g/mol. The Hall–Kier alpha value is -2.67. The van der Waals surface area contributed by atoms with Crippen LogP contribution in [-0.4, -0.2) is 40.2 Å². The summed E-state index contributed by atoms with van der Waals surface area (Å²) in [7, 11) is 1.67. The van der Waals surface area contributed by atoms with Crippen LogP contribution in [0, 0.1) is 6.92 Å². The Morgan fingerprint density at radius 1 is 1.32 bits per heavy atom. The fraction of sp³-hybridized carbons (Fsp3) is 0.389. The van der Waals surface area contributed by atoms with E-state index in [-0.39, 0.29) is 6.04 Å². The Morgan fingerprint density at radius 2 is 2.20 bits per heavy atom. The first-order valence-electron chi connectivity index (χ1n) is 8.33. The quantitative estimate of drug-likeness (QED) is 0.711. The van der Waals surface area contributed by atoms with E-state index in [9.17, 15) is 0 Å². The van der Waals surface area contributed by atoms with E-state index >= 15 is 0 Å². The molecule has 2 aromatic heterocycles. The highest BCUT2D eigenvalue weighted by Crippen LogP contribution is 2.27. The number of aromatic nitrogens is 4. The summed E-state index contributed by atoms with van der Waals surface area (Å²) in [6.45, 7) is 3.25. The minimum Gasteiger partial charge on any atom is -0.496 e. The molecule has 0 amide bonds. The predicted octanol–water partition coefficient (Wildman–Crippen LogP) is 2.80. The fourth-order valence-electron chi connectivity index (χ4n) is 3.08. The van der Waals surface area contributed by atoms with Crippen LogP contribution in [-0.2, 0) is 11.2 Å². The summed E-state index contributed by atoms with van der Waals surface area (Å²) in [5.41, 5.74) is 1.75. The maximum absolute atomic E-state index is 5.52. The number of benzene rings is 1. The molecule has 130 valence electrons. The van der Waals surface area contributed by atoms with Gasteiger partial charge in [-0.15, -0.1) is 0 Å². The van der Waals surface area contributed by atoms with Gasteiger partial charge >= 0.3 is 0 Å². The first kappa shape index (κ1) is 15.8. The second-order valence-corrected chi connectivity index (χ2v) is 6.13. The maximum atomic E-state index is 5.52. The van der Waals surface area contributed by atoms with Crippen LogP contribution in [0.25, 0.3) is 11.5 Å². The number of ether oxygens (including phenoxy) is 2. The lowest BCUT2D eigenvalue weighted by Gasteiger charge is -2.09. The molecule has 25 heavy (non-hydrogen) atoms. The van der Waals surface area contributed by atoms with Gasteiger partial charge in [-0.1, -0.05) is 23.4 Å². The SMILES string of the molecule is COc1ccccc1Cc1nc(-c2cc(C)on2)n(C2CCOC2)n1. The zero-order valence-electron chi connectivity index (χ0n) is 14.3. The van der Waals surface area contributed by atoms with Crippen LogP contribution in [0.2, 0.25) is 0 Å². The molecular formula is C18H20N4O3. The van der Waals surface area contributed by atoms with Gasteiger partial charge in [0.1, 0.15) is 11.5 Å². The summed E-state index contributed by atoms with van der Waals surface area (Å²) in [5.74, 6) is 3.03. The van der Waals surface area contributed by atoms with Crippen molar-refractivity contribution in [2.24, 2.45) is 0 Å². The highest BCUT2D eigenvalue weighted by Gasteiger charge is 2.25. The van der Waals surface area contributed by atoms with E-state index in [1.54, 1.807) is 7.11 Å². The molecule has 1 aliphatic rings. The number of methoxy groups -OCH3 is 1. The Labute approximate surface area is 145 Å². The second kappa shape index (κ2) is 6.68. The van der Waals surface area contributed by atoms with Gasteiger partial charge in [-0.05, 0) is 19.4 Å². The smallest absolute Gasteiger partial charge is 0.181 e.